The van der Waals surface area contributed by atoms with E-state index in [1.54, 1.807) is 19.9 Å². The highest BCUT2D eigenvalue weighted by Gasteiger charge is 2.10. The Morgan fingerprint density at radius 2 is 1.80 bits per heavy atom. The minimum atomic E-state index is 0.298. The van der Waals surface area contributed by atoms with Gasteiger partial charge in [-0.3, -0.25) is 0 Å². The van der Waals surface area contributed by atoms with Gasteiger partial charge < -0.3 is 0 Å². The molecule has 15 heavy (non-hydrogen) atoms. The molecule has 5 heteroatoms. The van der Waals surface area contributed by atoms with Crippen molar-refractivity contribution in [2.75, 3.05) is 0 Å². The Labute approximate surface area is 91.3 Å². The first-order chi connectivity index (χ1) is 7.11. The first-order valence-corrected chi connectivity index (χ1v) is 4.45. The Morgan fingerprint density at radius 1 is 1.20 bits per heavy atom. The molecule has 76 valence electrons. The lowest BCUT2D eigenvalue weighted by atomic mass is 10.1. The molecule has 0 bridgehead atoms. The first kappa shape index (κ1) is 11.3. The summed E-state index contributed by atoms with van der Waals surface area (Å²) < 4.78 is 0. The fraction of sp³-hybridized carbons (Fsp3) is 0.200. The number of hydrogen-bond donors (Lipinski definition) is 0. The number of carbonyl (C=O) groups excluding carboxylic acids is 2. The van der Waals surface area contributed by atoms with Gasteiger partial charge in [0.1, 0.15) is 0 Å². The molecule has 0 fully saturated rings. The second kappa shape index (κ2) is 4.67. The van der Waals surface area contributed by atoms with Crippen LogP contribution >= 0.6 is 11.6 Å². The maximum atomic E-state index is 10.2. The smallest absolute Gasteiger partial charge is 0.211 e. The van der Waals surface area contributed by atoms with E-state index in [0.717, 1.165) is 0 Å². The highest BCUT2D eigenvalue weighted by atomic mass is 35.5. The van der Waals surface area contributed by atoms with Gasteiger partial charge in [-0.15, -0.1) is 0 Å². The number of aliphatic imine (C=N–C) groups is 2. The summed E-state index contributed by atoms with van der Waals surface area (Å²) >= 11 is 5.96. The molecule has 0 N–H and O–H groups in total. The minimum absolute atomic E-state index is 0.298. The summed E-state index contributed by atoms with van der Waals surface area (Å²) in [7, 11) is 0. The van der Waals surface area contributed by atoms with Gasteiger partial charge in [-0.2, -0.15) is 9.98 Å². The standard InChI is InChI=1S/C10H7ClN2O2/c1-6-3-8(12-4-14)7(2)9(11)10(6)13-5-15/h3H,1-2H3. The fourth-order valence-corrected chi connectivity index (χ4v) is 1.48. The second-order valence-corrected chi connectivity index (χ2v) is 3.28. The lowest BCUT2D eigenvalue weighted by Gasteiger charge is -2.06. The molecule has 0 atom stereocenters. The molecule has 0 radical (unpaired) electrons. The van der Waals surface area contributed by atoms with Crippen molar-refractivity contribution in [3.05, 3.63) is 22.2 Å². The van der Waals surface area contributed by atoms with Crippen molar-refractivity contribution in [2.45, 2.75) is 13.8 Å². The Bertz CT molecular complexity index is 499. The van der Waals surface area contributed by atoms with E-state index >= 15 is 0 Å². The summed E-state index contributed by atoms with van der Waals surface area (Å²) in [6.45, 7) is 3.40. The molecule has 0 amide bonds. The predicted octanol–water partition coefficient (Wildman–Crippen LogP) is 2.89. The summed E-state index contributed by atoms with van der Waals surface area (Å²) in [4.78, 5) is 27.3. The maximum Gasteiger partial charge on any atom is 0.240 e. The summed E-state index contributed by atoms with van der Waals surface area (Å²) in [6, 6.07) is 1.61. The van der Waals surface area contributed by atoms with Gasteiger partial charge in [0.2, 0.25) is 12.2 Å². The van der Waals surface area contributed by atoms with Crippen molar-refractivity contribution in [2.24, 2.45) is 9.98 Å². The molecule has 0 spiro atoms. The van der Waals surface area contributed by atoms with Crippen molar-refractivity contribution in [3.8, 4) is 0 Å². The normalized spacial score (nSPS) is 9.00. The van der Waals surface area contributed by atoms with Crippen molar-refractivity contribution in [3.63, 3.8) is 0 Å². The number of benzene rings is 1. The van der Waals surface area contributed by atoms with Crippen LogP contribution < -0.4 is 0 Å². The van der Waals surface area contributed by atoms with E-state index in [4.69, 9.17) is 11.6 Å². The third kappa shape index (κ3) is 2.20. The van der Waals surface area contributed by atoms with Crippen LogP contribution in [0.25, 0.3) is 0 Å². The molecular weight excluding hydrogens is 216 g/mol. The molecule has 0 unspecified atom stereocenters. The van der Waals surface area contributed by atoms with Gasteiger partial charge in [0.25, 0.3) is 0 Å². The Hall–Kier alpha value is -1.73. The van der Waals surface area contributed by atoms with E-state index in [9.17, 15) is 9.59 Å². The topological polar surface area (TPSA) is 58.9 Å². The van der Waals surface area contributed by atoms with Gasteiger partial charge in [-0.05, 0) is 31.0 Å². The zero-order valence-corrected chi connectivity index (χ0v) is 8.92. The average Bonchev–Trinajstić information content (AvgIpc) is 2.21. The van der Waals surface area contributed by atoms with Gasteiger partial charge in [-0.25, -0.2) is 9.59 Å². The lowest BCUT2D eigenvalue weighted by molar-refractivity contribution is 0.564. The molecular formula is C10H7ClN2O2. The van der Waals surface area contributed by atoms with E-state index in [2.05, 4.69) is 9.98 Å². The van der Waals surface area contributed by atoms with Gasteiger partial charge in [-0.1, -0.05) is 11.6 Å². The molecule has 0 aliphatic rings. The van der Waals surface area contributed by atoms with E-state index in [-0.39, 0.29) is 0 Å². The summed E-state index contributed by atoms with van der Waals surface area (Å²) in [5, 5.41) is 0.298. The minimum Gasteiger partial charge on any atom is -0.211 e. The van der Waals surface area contributed by atoms with Crippen LogP contribution in [-0.4, -0.2) is 12.2 Å². The summed E-state index contributed by atoms with van der Waals surface area (Å²) in [5.41, 5.74) is 2.02. The van der Waals surface area contributed by atoms with Crippen LogP contribution in [0.5, 0.6) is 0 Å². The fourth-order valence-electron chi connectivity index (χ4n) is 1.19. The Morgan fingerprint density at radius 3 is 2.33 bits per heavy atom. The average molecular weight is 223 g/mol. The van der Waals surface area contributed by atoms with Crippen molar-refractivity contribution < 1.29 is 9.59 Å². The number of halogens is 1. The van der Waals surface area contributed by atoms with Crippen molar-refractivity contribution >= 4 is 35.1 Å². The van der Waals surface area contributed by atoms with E-state index in [0.29, 0.717) is 27.5 Å². The molecule has 1 rings (SSSR count). The number of hydrogen-bond acceptors (Lipinski definition) is 4. The van der Waals surface area contributed by atoms with Gasteiger partial charge in [0, 0.05) is 0 Å². The summed E-state index contributed by atoms with van der Waals surface area (Å²) in [5.74, 6) is 0. The van der Waals surface area contributed by atoms with Gasteiger partial charge in [0.15, 0.2) is 0 Å². The number of isocyanates is 2. The van der Waals surface area contributed by atoms with E-state index in [1.165, 1.54) is 12.2 Å². The van der Waals surface area contributed by atoms with Gasteiger partial charge in [0.05, 0.1) is 16.4 Å². The number of rotatable bonds is 2. The highest BCUT2D eigenvalue weighted by molar-refractivity contribution is 6.34. The molecule has 0 aromatic heterocycles. The first-order valence-electron chi connectivity index (χ1n) is 4.07. The Balaban J connectivity index is 3.56. The number of aryl methyl sites for hydroxylation is 1. The molecule has 0 saturated carbocycles. The van der Waals surface area contributed by atoms with Crippen molar-refractivity contribution in [1.29, 1.82) is 0 Å². The SMILES string of the molecule is Cc1cc(N=C=O)c(C)c(Cl)c1N=C=O. The van der Waals surface area contributed by atoms with Crippen molar-refractivity contribution in [1.82, 2.24) is 0 Å². The van der Waals surface area contributed by atoms with Crippen LogP contribution in [0.2, 0.25) is 5.02 Å². The molecule has 4 nitrogen and oxygen atoms in total. The molecule has 0 aliphatic heterocycles. The molecule has 0 aliphatic carbocycles. The monoisotopic (exact) mass is 222 g/mol. The van der Waals surface area contributed by atoms with Gasteiger partial charge >= 0.3 is 0 Å². The van der Waals surface area contributed by atoms with Crippen LogP contribution in [0.4, 0.5) is 11.4 Å². The summed E-state index contributed by atoms with van der Waals surface area (Å²) in [6.07, 6.45) is 2.87. The highest BCUT2D eigenvalue weighted by Crippen LogP contribution is 2.37. The van der Waals surface area contributed by atoms with Crippen LogP contribution in [0.15, 0.2) is 16.1 Å². The third-order valence-electron chi connectivity index (χ3n) is 1.97. The molecule has 1 aromatic carbocycles. The zero-order valence-electron chi connectivity index (χ0n) is 8.17. The van der Waals surface area contributed by atoms with Crippen LogP contribution in [0.1, 0.15) is 11.1 Å². The lowest BCUT2D eigenvalue weighted by Crippen LogP contribution is -1.83. The Kier molecular flexibility index (Phi) is 3.53. The number of nitrogens with zero attached hydrogens (tertiary/aromatic N) is 2. The quantitative estimate of drug-likeness (QED) is 0.571. The van der Waals surface area contributed by atoms with E-state index < -0.39 is 0 Å². The van der Waals surface area contributed by atoms with Crippen LogP contribution in [0, 0.1) is 13.8 Å². The van der Waals surface area contributed by atoms with E-state index in [1.807, 2.05) is 0 Å². The third-order valence-corrected chi connectivity index (χ3v) is 2.43. The zero-order chi connectivity index (χ0) is 11.4. The largest absolute Gasteiger partial charge is 0.240 e. The predicted molar refractivity (Wildman–Crippen MR) is 56.5 cm³/mol. The van der Waals surface area contributed by atoms with Crippen LogP contribution in [-0.2, 0) is 9.59 Å². The maximum absolute atomic E-state index is 10.2. The molecule has 1 aromatic rings. The molecule has 0 saturated heterocycles. The van der Waals surface area contributed by atoms with Crippen LogP contribution in [0.3, 0.4) is 0 Å². The second-order valence-electron chi connectivity index (χ2n) is 2.91. The molecule has 0 heterocycles.